The molecule has 2 bridgehead atoms. The number of carbonyl (C=O) groups excluding carboxylic acids is 12. The minimum absolute atomic E-state index is 0.000259. The molecule has 0 unspecified atom stereocenters. The SMILES string of the molecule is CCC[C@H]1C(=O)N[C@@H]([C@@H](C)CC)C(=O)N2CCC[C@H]2C(=O)N(C)[C@H]2C/C=C\CCN(C2=O)[C@@H](Cc2ccc(C)cc2)C(=O)N(C)CC(=O)N[C@@H](CCc2ccc(C(F)(F)F)c(OC)c2)C(=O)N2C[C@H](OCC)C[C@H]2C(=O)N(C)C2(CCC2)C(=O)N(C)[C@@H](C2CCCC2)C(=O)N(C)[C@H](C(=O)N2CCCCC2)CC(=O)N1C. The number of amides is 12. The molecule has 6 fully saturated rings. The van der Waals surface area contributed by atoms with Gasteiger partial charge in [0.15, 0.2) is 0 Å². The van der Waals surface area contributed by atoms with E-state index in [1.165, 1.54) is 93.6 Å². The van der Waals surface area contributed by atoms with Gasteiger partial charge in [-0.2, -0.15) is 13.2 Å². The van der Waals surface area contributed by atoms with Crippen LogP contribution in [0.2, 0.25) is 0 Å². The van der Waals surface area contributed by atoms with Crippen molar-refractivity contribution >= 4 is 70.9 Å². The summed E-state index contributed by atoms with van der Waals surface area (Å²) in [5.74, 6) is -8.98. The highest BCUT2D eigenvalue weighted by Crippen LogP contribution is 2.43. The summed E-state index contributed by atoms with van der Waals surface area (Å²) < 4.78 is 54.1. The average molecular weight is 1540 g/mol. The van der Waals surface area contributed by atoms with Crippen molar-refractivity contribution in [2.24, 2.45) is 11.8 Å². The maximum Gasteiger partial charge on any atom is 0.419 e. The molecule has 5 heterocycles. The van der Waals surface area contributed by atoms with Crippen LogP contribution in [0.15, 0.2) is 54.6 Å². The van der Waals surface area contributed by atoms with Crippen LogP contribution in [-0.2, 0) is 81.3 Å². The van der Waals surface area contributed by atoms with Crippen molar-refractivity contribution in [1.82, 2.24) is 59.6 Å². The topological polar surface area (TPSA) is 280 Å². The smallest absolute Gasteiger partial charge is 0.419 e. The third-order valence-corrected chi connectivity index (χ3v) is 24.4. The van der Waals surface area contributed by atoms with Crippen LogP contribution >= 0.6 is 0 Å². The standard InChI is InChI=1S/C81H117F3N12O14/c1-13-26-59-70(99)86-68(52(5)14-2)77(106)94-44-24-30-61(94)73(102)89(8)60-29-18-16-23-43-95(76(60)105)63(45-53-33-31-51(4)32-34-53)72(101)87(6)50-66(97)85-58(38-36-54-35-37-57(81(82,83)84)65(46-54)109-12)71(100)96-49-56(110-15-3)47-64(96)74(103)92(11)80(39-25-40-80)79(108)91(10)69(55-27-19-20-28-55)78(107)90(9)62(48-67(98)88(59)7)75(104)93-41-21-17-22-42-93/h16,18,31-35,37,46,52,55-56,58-64,68-69H,13-15,17,19-30,36,38-45,47-50H2,1-12H3,(H,85,97)(H,86,99)/b18-16-/t52-,56+,58-,59-,60-,61-,62-,63-,64-,68-,69-/m0/s1. The quantitative estimate of drug-likeness (QED) is 0.196. The van der Waals surface area contributed by atoms with Gasteiger partial charge in [0.05, 0.1) is 31.7 Å². The summed E-state index contributed by atoms with van der Waals surface area (Å²) in [5, 5.41) is 5.83. The van der Waals surface area contributed by atoms with Crippen molar-refractivity contribution in [3.8, 4) is 5.75 Å². The zero-order chi connectivity index (χ0) is 80.2. The van der Waals surface area contributed by atoms with Gasteiger partial charge >= 0.3 is 6.18 Å². The van der Waals surface area contributed by atoms with E-state index >= 15 is 52.7 Å². The molecule has 9 rings (SSSR count). The summed E-state index contributed by atoms with van der Waals surface area (Å²) in [6, 6.07) is -0.751. The zero-order valence-electron chi connectivity index (χ0n) is 66.5. The summed E-state index contributed by atoms with van der Waals surface area (Å²) in [7, 11) is 9.87. The average Bonchev–Trinajstić information content (AvgIpc) is 1.03. The Bertz CT molecular complexity index is 3690. The van der Waals surface area contributed by atoms with E-state index < -0.39 is 179 Å². The van der Waals surface area contributed by atoms with Gasteiger partial charge < -0.3 is 69.1 Å². The lowest BCUT2D eigenvalue weighted by Crippen LogP contribution is -2.68. The van der Waals surface area contributed by atoms with E-state index in [0.717, 1.165) is 42.9 Å². The van der Waals surface area contributed by atoms with Crippen molar-refractivity contribution in [2.75, 3.05) is 95.3 Å². The molecule has 4 saturated heterocycles. The van der Waals surface area contributed by atoms with E-state index in [-0.39, 0.29) is 84.0 Å². The highest BCUT2D eigenvalue weighted by atomic mass is 19.4. The molecule has 2 aromatic rings. The molecule has 29 heteroatoms. The van der Waals surface area contributed by atoms with Crippen LogP contribution in [0.1, 0.15) is 178 Å². The van der Waals surface area contributed by atoms with Gasteiger partial charge in [-0.3, -0.25) is 57.5 Å². The second-order valence-corrected chi connectivity index (χ2v) is 31.5. The number of likely N-dealkylation sites (N-methyl/N-ethyl adjacent to an activating group) is 6. The van der Waals surface area contributed by atoms with Crippen molar-refractivity contribution in [1.29, 1.82) is 0 Å². The number of nitrogens with zero attached hydrogens (tertiary/aromatic N) is 10. The number of rotatable bonds is 14. The number of hydrogen-bond acceptors (Lipinski definition) is 14. The van der Waals surface area contributed by atoms with Crippen molar-refractivity contribution in [2.45, 2.75) is 248 Å². The first-order valence-corrected chi connectivity index (χ1v) is 39.8. The van der Waals surface area contributed by atoms with Gasteiger partial charge in [-0.1, -0.05) is 94.5 Å². The number of alkyl halides is 3. The van der Waals surface area contributed by atoms with E-state index in [1.54, 1.807) is 24.8 Å². The predicted octanol–water partition coefficient (Wildman–Crippen LogP) is 6.31. The Hall–Kier alpha value is -8.63. The van der Waals surface area contributed by atoms with E-state index in [2.05, 4.69) is 10.6 Å². The van der Waals surface area contributed by atoms with Crippen LogP contribution in [0.5, 0.6) is 5.75 Å². The molecule has 11 atom stereocenters. The van der Waals surface area contributed by atoms with Gasteiger partial charge in [-0.15, -0.1) is 0 Å². The van der Waals surface area contributed by atoms with Crippen molar-refractivity contribution < 1.29 is 80.2 Å². The number of piperidine rings is 1. The van der Waals surface area contributed by atoms with E-state index in [0.29, 0.717) is 82.0 Å². The lowest BCUT2D eigenvalue weighted by Gasteiger charge is -2.51. The van der Waals surface area contributed by atoms with Crippen LogP contribution in [0, 0.1) is 18.8 Å². The minimum atomic E-state index is -4.78. The number of likely N-dealkylation sites (tertiary alicyclic amines) is 1. The first-order chi connectivity index (χ1) is 52.3. The molecule has 2 saturated carbocycles. The Morgan fingerprint density at radius 1 is 0.645 bits per heavy atom. The third-order valence-electron chi connectivity index (χ3n) is 24.4. The number of ether oxygens (including phenoxy) is 2. The molecule has 0 aromatic heterocycles. The molecule has 12 amide bonds. The molecule has 26 nitrogen and oxygen atoms in total. The number of fused-ring (bicyclic) bond motifs is 4. The Morgan fingerprint density at radius 3 is 1.95 bits per heavy atom. The maximum absolute atomic E-state index is 15.9. The highest BCUT2D eigenvalue weighted by Gasteiger charge is 2.57. The highest BCUT2D eigenvalue weighted by molar-refractivity contribution is 6.01. The largest absolute Gasteiger partial charge is 0.496 e. The van der Waals surface area contributed by atoms with Crippen LogP contribution in [0.4, 0.5) is 13.2 Å². The second-order valence-electron chi connectivity index (χ2n) is 31.5. The molecule has 110 heavy (non-hydrogen) atoms. The fraction of sp³-hybridized carbons (Fsp3) is 0.679. The summed E-state index contributed by atoms with van der Waals surface area (Å²) in [5.41, 5.74) is -0.719. The van der Waals surface area contributed by atoms with E-state index in [9.17, 15) is 18.0 Å². The van der Waals surface area contributed by atoms with Crippen molar-refractivity contribution in [3.05, 3.63) is 76.9 Å². The van der Waals surface area contributed by atoms with Gasteiger partial charge in [-0.05, 0) is 145 Å². The lowest BCUT2D eigenvalue weighted by molar-refractivity contribution is -0.166. The summed E-state index contributed by atoms with van der Waals surface area (Å²) in [6.45, 7) is 9.34. The van der Waals surface area contributed by atoms with Gasteiger partial charge in [0.1, 0.15) is 65.7 Å². The first kappa shape index (κ1) is 85.4. The molecule has 2 aromatic carbocycles. The van der Waals surface area contributed by atoms with Crippen LogP contribution in [0.25, 0.3) is 0 Å². The molecule has 7 aliphatic rings. The second kappa shape index (κ2) is 37.6. The molecule has 2 aliphatic carbocycles. The maximum atomic E-state index is 15.9. The molecular formula is C81H117F3N12O14. The summed E-state index contributed by atoms with van der Waals surface area (Å²) in [4.78, 5) is 199. The normalized spacial score (nSPS) is 27.7. The van der Waals surface area contributed by atoms with Crippen LogP contribution < -0.4 is 15.4 Å². The first-order valence-electron chi connectivity index (χ1n) is 39.8. The van der Waals surface area contributed by atoms with Crippen LogP contribution in [0.3, 0.4) is 0 Å². The number of nitrogens with one attached hydrogen (secondary N) is 2. The van der Waals surface area contributed by atoms with Crippen LogP contribution in [-0.4, -0.2) is 281 Å². The molecule has 606 valence electrons. The number of methoxy groups -OCH3 is 1. The van der Waals surface area contributed by atoms with Crippen molar-refractivity contribution in [3.63, 3.8) is 0 Å². The van der Waals surface area contributed by atoms with E-state index in [4.69, 9.17) is 9.47 Å². The molecule has 1 spiro atoms. The number of hydrogen-bond donors (Lipinski definition) is 2. The Labute approximate surface area is 645 Å². The summed E-state index contributed by atoms with van der Waals surface area (Å²) in [6.07, 6.45) is 4.61. The lowest BCUT2D eigenvalue weighted by atomic mass is 9.73. The Kier molecular flexibility index (Phi) is 29.2. The fourth-order valence-corrected chi connectivity index (χ4v) is 17.4. The molecular weight excluding hydrogens is 1420 g/mol. The van der Waals surface area contributed by atoms with Gasteiger partial charge in [-0.25, -0.2) is 0 Å². The zero-order valence-corrected chi connectivity index (χ0v) is 66.5. The number of halogens is 3. The fourth-order valence-electron chi connectivity index (χ4n) is 17.4. The Balaban J connectivity index is 1.14. The predicted molar refractivity (Wildman–Crippen MR) is 404 cm³/mol. The number of carbonyl (C=O) groups is 12. The van der Waals surface area contributed by atoms with E-state index in [1.807, 2.05) is 51.1 Å². The molecule has 5 aliphatic heterocycles. The van der Waals surface area contributed by atoms with Gasteiger partial charge in [0.25, 0.3) is 0 Å². The summed E-state index contributed by atoms with van der Waals surface area (Å²) >= 11 is 0. The third kappa shape index (κ3) is 19.1. The van der Waals surface area contributed by atoms with Gasteiger partial charge in [0.2, 0.25) is 70.9 Å². The number of aryl methyl sites for hydroxylation is 2. The molecule has 0 radical (unpaired) electrons. The Morgan fingerprint density at radius 2 is 1.33 bits per heavy atom. The van der Waals surface area contributed by atoms with Gasteiger partial charge in [0, 0.05) is 94.5 Å². The monoisotopic (exact) mass is 1540 g/mol. The number of benzene rings is 2. The molecule has 2 N–H and O–H groups in total. The minimum Gasteiger partial charge on any atom is -0.496 e.